The molecule has 0 saturated heterocycles. The van der Waals surface area contributed by atoms with Gasteiger partial charge in [-0.3, -0.25) is 9.52 Å². The Kier molecular flexibility index (Phi) is 5.09. The van der Waals surface area contributed by atoms with Crippen molar-refractivity contribution in [1.29, 1.82) is 0 Å². The summed E-state index contributed by atoms with van der Waals surface area (Å²) in [5.41, 5.74) is 0.949. The van der Waals surface area contributed by atoms with Gasteiger partial charge in [-0.25, -0.2) is 8.42 Å². The van der Waals surface area contributed by atoms with Crippen molar-refractivity contribution in [3.63, 3.8) is 0 Å². The van der Waals surface area contributed by atoms with E-state index in [0.717, 1.165) is 3.57 Å². The van der Waals surface area contributed by atoms with Crippen LogP contribution in [-0.2, 0) is 10.0 Å². The van der Waals surface area contributed by atoms with Gasteiger partial charge in [0.05, 0.1) is 11.2 Å². The highest BCUT2D eigenvalue weighted by atomic mass is 127. The van der Waals surface area contributed by atoms with Crippen molar-refractivity contribution in [2.45, 2.75) is 4.90 Å². The van der Waals surface area contributed by atoms with Gasteiger partial charge in [-0.2, -0.15) is 0 Å². The molecule has 2 N–H and O–H groups in total. The third-order valence-electron chi connectivity index (χ3n) is 3.26. The van der Waals surface area contributed by atoms with Crippen LogP contribution in [0.3, 0.4) is 0 Å². The fourth-order valence-corrected chi connectivity index (χ4v) is 3.47. The van der Waals surface area contributed by atoms with Crippen LogP contribution >= 0.6 is 22.6 Å². The van der Waals surface area contributed by atoms with E-state index >= 15 is 0 Å². The number of sulfonamides is 1. The maximum Gasteiger partial charge on any atom is 0.291 e. The lowest BCUT2D eigenvalue weighted by molar-refractivity contribution is 0.0996. The minimum absolute atomic E-state index is 0.0991. The van der Waals surface area contributed by atoms with Crippen LogP contribution in [0.2, 0.25) is 0 Å². The molecule has 3 rings (SSSR count). The van der Waals surface area contributed by atoms with Gasteiger partial charge in [0.15, 0.2) is 5.76 Å². The zero-order chi connectivity index (χ0) is 17.9. The molecule has 0 saturated carbocycles. The molecule has 0 atom stereocenters. The summed E-state index contributed by atoms with van der Waals surface area (Å²) < 4.78 is 33.3. The van der Waals surface area contributed by atoms with Crippen molar-refractivity contribution < 1.29 is 17.6 Å². The predicted molar refractivity (Wildman–Crippen MR) is 103 cm³/mol. The summed E-state index contributed by atoms with van der Waals surface area (Å²) in [5, 5.41) is 2.63. The van der Waals surface area contributed by atoms with Crippen LogP contribution in [0, 0.1) is 3.57 Å². The van der Waals surface area contributed by atoms with Crippen LogP contribution in [0.4, 0.5) is 11.4 Å². The van der Waals surface area contributed by atoms with Crippen molar-refractivity contribution in [3.8, 4) is 0 Å². The number of anilines is 2. The monoisotopic (exact) mass is 468 g/mol. The van der Waals surface area contributed by atoms with Crippen molar-refractivity contribution in [3.05, 3.63) is 76.3 Å². The number of carbonyl (C=O) groups excluding carboxylic acids is 1. The van der Waals surface area contributed by atoms with E-state index in [1.807, 2.05) is 12.1 Å². The summed E-state index contributed by atoms with van der Waals surface area (Å²) in [7, 11) is -3.70. The Labute approximate surface area is 158 Å². The summed E-state index contributed by atoms with van der Waals surface area (Å²) in [5.74, 6) is -0.227. The maximum atomic E-state index is 12.4. The van der Waals surface area contributed by atoms with Gasteiger partial charge < -0.3 is 9.73 Å². The lowest BCUT2D eigenvalue weighted by atomic mass is 10.3. The van der Waals surface area contributed by atoms with Gasteiger partial charge in [0.25, 0.3) is 15.9 Å². The van der Waals surface area contributed by atoms with Crippen molar-refractivity contribution >= 4 is 49.9 Å². The summed E-state index contributed by atoms with van der Waals surface area (Å²) >= 11 is 2.14. The highest BCUT2D eigenvalue weighted by molar-refractivity contribution is 14.1. The Bertz CT molecular complexity index is 967. The number of benzene rings is 2. The third-order valence-corrected chi connectivity index (χ3v) is 5.38. The van der Waals surface area contributed by atoms with Gasteiger partial charge in [-0.15, -0.1) is 0 Å². The standard InChI is InChI=1S/C17H13IN2O4S/c18-12-3-5-14(6-4-12)20-25(22,23)15-9-7-13(8-10-15)19-17(21)16-2-1-11-24-16/h1-11,20H,(H,19,21). The molecular formula is C17H13IN2O4S. The molecule has 1 amide bonds. The number of furan rings is 1. The summed E-state index contributed by atoms with van der Waals surface area (Å²) in [6, 6.07) is 16.0. The summed E-state index contributed by atoms with van der Waals surface area (Å²) in [4.78, 5) is 12.0. The predicted octanol–water partition coefficient (Wildman–Crippen LogP) is 3.94. The molecule has 0 aliphatic heterocycles. The minimum atomic E-state index is -3.70. The van der Waals surface area contributed by atoms with Crippen molar-refractivity contribution in [2.75, 3.05) is 10.0 Å². The maximum absolute atomic E-state index is 12.4. The van der Waals surface area contributed by atoms with Crippen LogP contribution in [0.15, 0.2) is 76.2 Å². The smallest absolute Gasteiger partial charge is 0.291 e. The second-order valence-corrected chi connectivity index (χ2v) is 8.00. The highest BCUT2D eigenvalue weighted by Gasteiger charge is 2.15. The topological polar surface area (TPSA) is 88.4 Å². The van der Waals surface area contributed by atoms with Crippen LogP contribution in [0.5, 0.6) is 0 Å². The van der Waals surface area contributed by atoms with E-state index in [2.05, 4.69) is 32.6 Å². The lowest BCUT2D eigenvalue weighted by Crippen LogP contribution is -2.14. The van der Waals surface area contributed by atoms with Gasteiger partial charge in [-0.1, -0.05) is 0 Å². The molecule has 1 heterocycles. The van der Waals surface area contributed by atoms with E-state index in [1.165, 1.54) is 30.5 Å². The van der Waals surface area contributed by atoms with Crippen molar-refractivity contribution in [1.82, 2.24) is 0 Å². The summed E-state index contributed by atoms with van der Waals surface area (Å²) in [6.07, 6.45) is 1.40. The van der Waals surface area contributed by atoms with E-state index in [4.69, 9.17) is 4.42 Å². The zero-order valence-corrected chi connectivity index (χ0v) is 15.7. The Balaban J connectivity index is 1.72. The second-order valence-electron chi connectivity index (χ2n) is 5.07. The molecule has 8 heteroatoms. The Morgan fingerprint density at radius 2 is 1.56 bits per heavy atom. The Hall–Kier alpha value is -2.33. The second kappa shape index (κ2) is 7.28. The SMILES string of the molecule is O=C(Nc1ccc(S(=O)(=O)Nc2ccc(I)cc2)cc1)c1ccco1. The molecule has 0 fully saturated rings. The molecule has 128 valence electrons. The van der Waals surface area contributed by atoms with Crippen LogP contribution < -0.4 is 10.0 Å². The van der Waals surface area contributed by atoms with Gasteiger partial charge >= 0.3 is 0 Å². The van der Waals surface area contributed by atoms with E-state index in [1.54, 1.807) is 24.3 Å². The van der Waals surface area contributed by atoms with Crippen LogP contribution in [0.25, 0.3) is 0 Å². The van der Waals surface area contributed by atoms with Crippen LogP contribution in [0.1, 0.15) is 10.6 Å². The minimum Gasteiger partial charge on any atom is -0.459 e. The summed E-state index contributed by atoms with van der Waals surface area (Å²) in [6.45, 7) is 0. The molecular weight excluding hydrogens is 455 g/mol. The molecule has 0 unspecified atom stereocenters. The van der Waals surface area contributed by atoms with E-state index in [9.17, 15) is 13.2 Å². The Morgan fingerprint density at radius 3 is 2.16 bits per heavy atom. The molecule has 1 aromatic heterocycles. The average molecular weight is 468 g/mol. The molecule has 3 aromatic rings. The highest BCUT2D eigenvalue weighted by Crippen LogP contribution is 2.19. The van der Waals surface area contributed by atoms with Gasteiger partial charge in [-0.05, 0) is 83.3 Å². The first-order valence-corrected chi connectivity index (χ1v) is 9.73. The number of nitrogens with one attached hydrogen (secondary N) is 2. The molecule has 2 aromatic carbocycles. The number of carbonyl (C=O) groups is 1. The number of halogens is 1. The fourth-order valence-electron chi connectivity index (χ4n) is 2.05. The largest absolute Gasteiger partial charge is 0.459 e. The average Bonchev–Trinajstić information content (AvgIpc) is 3.12. The van der Waals surface area contributed by atoms with Crippen LogP contribution in [-0.4, -0.2) is 14.3 Å². The first-order valence-electron chi connectivity index (χ1n) is 7.17. The number of hydrogen-bond donors (Lipinski definition) is 2. The van der Waals surface area contributed by atoms with E-state index in [0.29, 0.717) is 11.4 Å². The van der Waals surface area contributed by atoms with Crippen molar-refractivity contribution in [2.24, 2.45) is 0 Å². The molecule has 6 nitrogen and oxygen atoms in total. The van der Waals surface area contributed by atoms with Gasteiger partial charge in [0.1, 0.15) is 0 Å². The number of hydrogen-bond acceptors (Lipinski definition) is 4. The quantitative estimate of drug-likeness (QED) is 0.556. The Morgan fingerprint density at radius 1 is 0.920 bits per heavy atom. The van der Waals surface area contributed by atoms with E-state index in [-0.39, 0.29) is 10.7 Å². The molecule has 0 radical (unpaired) electrons. The zero-order valence-electron chi connectivity index (χ0n) is 12.8. The number of rotatable bonds is 5. The first-order chi connectivity index (χ1) is 11.9. The third kappa shape index (κ3) is 4.40. The van der Waals surface area contributed by atoms with Gasteiger partial charge in [0.2, 0.25) is 0 Å². The molecule has 0 aliphatic carbocycles. The normalized spacial score (nSPS) is 11.1. The van der Waals surface area contributed by atoms with E-state index < -0.39 is 15.9 Å². The molecule has 0 bridgehead atoms. The molecule has 0 aliphatic rings. The van der Waals surface area contributed by atoms with Gasteiger partial charge in [0, 0.05) is 14.9 Å². The molecule has 0 spiro atoms. The molecule has 25 heavy (non-hydrogen) atoms. The fraction of sp³-hybridized carbons (Fsp3) is 0. The lowest BCUT2D eigenvalue weighted by Gasteiger charge is -2.09. The number of amides is 1. The first kappa shape index (κ1) is 17.5.